The fourth-order valence-electron chi connectivity index (χ4n) is 2.84. The summed E-state index contributed by atoms with van der Waals surface area (Å²) in [6.45, 7) is 1.98. The highest BCUT2D eigenvalue weighted by atomic mass is 16.6. The van der Waals surface area contributed by atoms with Crippen molar-refractivity contribution >= 4 is 11.9 Å². The van der Waals surface area contributed by atoms with Crippen LogP contribution < -0.4 is 9.47 Å². The third kappa shape index (κ3) is 2.79. The van der Waals surface area contributed by atoms with E-state index in [0.717, 1.165) is 6.42 Å². The Kier molecular flexibility index (Phi) is 3.68. The van der Waals surface area contributed by atoms with Crippen molar-refractivity contribution in [1.82, 2.24) is 4.90 Å². The molecule has 1 amide bonds. The second-order valence-corrected chi connectivity index (χ2v) is 5.33. The van der Waals surface area contributed by atoms with E-state index in [1.807, 2.05) is 0 Å². The predicted molar refractivity (Wildman–Crippen MR) is 73.7 cm³/mol. The Hall–Kier alpha value is -2.24. The standard InChI is InChI=1S/C15H17NO5/c17-13(18)8-10-4-5-16(9-10)15(19)11-2-1-3-12-14(11)21-7-6-20-12/h1-3,10H,4-9H2,(H,17,18). The molecule has 6 nitrogen and oxygen atoms in total. The smallest absolute Gasteiger partial charge is 0.303 e. The summed E-state index contributed by atoms with van der Waals surface area (Å²) >= 11 is 0. The van der Waals surface area contributed by atoms with E-state index in [9.17, 15) is 9.59 Å². The summed E-state index contributed by atoms with van der Waals surface area (Å²) in [6, 6.07) is 5.27. The molecule has 1 aromatic rings. The van der Waals surface area contributed by atoms with Gasteiger partial charge in [0.25, 0.3) is 5.91 Å². The maximum atomic E-state index is 12.6. The topological polar surface area (TPSA) is 76.1 Å². The van der Waals surface area contributed by atoms with Crippen LogP contribution in [0.15, 0.2) is 18.2 Å². The molecule has 112 valence electrons. The van der Waals surface area contributed by atoms with Crippen LogP contribution in [0.1, 0.15) is 23.2 Å². The number of carboxylic acids is 1. The first-order chi connectivity index (χ1) is 10.1. The van der Waals surface area contributed by atoms with Crippen molar-refractivity contribution in [2.45, 2.75) is 12.8 Å². The largest absolute Gasteiger partial charge is 0.486 e. The number of fused-ring (bicyclic) bond motifs is 1. The van der Waals surface area contributed by atoms with Gasteiger partial charge in [0.15, 0.2) is 11.5 Å². The van der Waals surface area contributed by atoms with Gasteiger partial charge in [0.1, 0.15) is 13.2 Å². The van der Waals surface area contributed by atoms with E-state index >= 15 is 0 Å². The van der Waals surface area contributed by atoms with Crippen LogP contribution in [-0.2, 0) is 4.79 Å². The molecule has 1 saturated heterocycles. The van der Waals surface area contributed by atoms with Crippen LogP contribution in [0.5, 0.6) is 11.5 Å². The number of ether oxygens (including phenoxy) is 2. The molecule has 2 heterocycles. The van der Waals surface area contributed by atoms with Crippen molar-refractivity contribution in [3.05, 3.63) is 23.8 Å². The maximum Gasteiger partial charge on any atom is 0.303 e. The number of benzene rings is 1. The minimum Gasteiger partial charge on any atom is -0.486 e. The van der Waals surface area contributed by atoms with Gasteiger partial charge in [0, 0.05) is 19.5 Å². The molecule has 1 aromatic carbocycles. The zero-order valence-electron chi connectivity index (χ0n) is 11.6. The normalized spacial score (nSPS) is 20.4. The average molecular weight is 291 g/mol. The van der Waals surface area contributed by atoms with Crippen LogP contribution in [0, 0.1) is 5.92 Å². The van der Waals surface area contributed by atoms with Gasteiger partial charge >= 0.3 is 5.97 Å². The summed E-state index contributed by atoms with van der Waals surface area (Å²) in [7, 11) is 0. The summed E-state index contributed by atoms with van der Waals surface area (Å²) in [5.74, 6) is 0.181. The SMILES string of the molecule is O=C(O)CC1CCN(C(=O)c2cccc3c2OCCO3)C1. The predicted octanol–water partition coefficient (Wildman–Crippen LogP) is 1.39. The molecule has 2 aliphatic rings. The van der Waals surface area contributed by atoms with E-state index in [1.165, 1.54) is 0 Å². The van der Waals surface area contributed by atoms with Gasteiger partial charge in [0.2, 0.25) is 0 Å². The van der Waals surface area contributed by atoms with Gasteiger partial charge in [-0.1, -0.05) is 6.07 Å². The summed E-state index contributed by atoms with van der Waals surface area (Å²) in [5.41, 5.74) is 0.489. The molecule has 0 saturated carbocycles. The highest BCUT2D eigenvalue weighted by Gasteiger charge is 2.31. The second-order valence-electron chi connectivity index (χ2n) is 5.33. The van der Waals surface area contributed by atoms with E-state index < -0.39 is 5.97 Å². The summed E-state index contributed by atoms with van der Waals surface area (Å²) in [6.07, 6.45) is 0.834. The summed E-state index contributed by atoms with van der Waals surface area (Å²) in [5, 5.41) is 8.83. The number of nitrogens with zero attached hydrogens (tertiary/aromatic N) is 1. The van der Waals surface area contributed by atoms with E-state index in [0.29, 0.717) is 43.4 Å². The third-order valence-corrected chi connectivity index (χ3v) is 3.83. The van der Waals surface area contributed by atoms with E-state index in [4.69, 9.17) is 14.6 Å². The first-order valence-electron chi connectivity index (χ1n) is 7.05. The lowest BCUT2D eigenvalue weighted by Crippen LogP contribution is -2.30. The van der Waals surface area contributed by atoms with Crippen LogP contribution >= 0.6 is 0 Å². The quantitative estimate of drug-likeness (QED) is 0.911. The van der Waals surface area contributed by atoms with Crippen molar-refractivity contribution in [1.29, 1.82) is 0 Å². The van der Waals surface area contributed by atoms with Crippen molar-refractivity contribution in [3.63, 3.8) is 0 Å². The number of amides is 1. The number of hydrogen-bond donors (Lipinski definition) is 1. The first-order valence-corrected chi connectivity index (χ1v) is 7.05. The third-order valence-electron chi connectivity index (χ3n) is 3.83. The molecule has 0 bridgehead atoms. The Morgan fingerprint density at radius 2 is 2.10 bits per heavy atom. The van der Waals surface area contributed by atoms with Crippen molar-refractivity contribution < 1.29 is 24.2 Å². The molecule has 1 fully saturated rings. The minimum absolute atomic E-state index is 0.0307. The van der Waals surface area contributed by atoms with Crippen LogP contribution in [-0.4, -0.2) is 48.2 Å². The highest BCUT2D eigenvalue weighted by molar-refractivity contribution is 5.98. The van der Waals surface area contributed by atoms with E-state index in [2.05, 4.69) is 0 Å². The number of para-hydroxylation sites is 1. The second kappa shape index (κ2) is 5.63. The number of aliphatic carboxylic acids is 1. The first kappa shape index (κ1) is 13.7. The van der Waals surface area contributed by atoms with Crippen LogP contribution in [0.2, 0.25) is 0 Å². The molecule has 0 radical (unpaired) electrons. The molecule has 2 aliphatic heterocycles. The number of hydrogen-bond acceptors (Lipinski definition) is 4. The minimum atomic E-state index is -0.817. The number of carboxylic acid groups (broad SMARTS) is 1. The Balaban J connectivity index is 1.76. The molecule has 3 rings (SSSR count). The van der Waals surface area contributed by atoms with Crippen LogP contribution in [0.3, 0.4) is 0 Å². The molecular formula is C15H17NO5. The fourth-order valence-corrected chi connectivity index (χ4v) is 2.84. The number of rotatable bonds is 3. The lowest BCUT2D eigenvalue weighted by molar-refractivity contribution is -0.138. The van der Waals surface area contributed by atoms with Gasteiger partial charge in [-0.05, 0) is 24.5 Å². The van der Waals surface area contributed by atoms with Crippen molar-refractivity contribution in [2.75, 3.05) is 26.3 Å². The highest BCUT2D eigenvalue weighted by Crippen LogP contribution is 2.35. The fraction of sp³-hybridized carbons (Fsp3) is 0.467. The van der Waals surface area contributed by atoms with Gasteiger partial charge < -0.3 is 19.5 Å². The summed E-state index contributed by atoms with van der Waals surface area (Å²) in [4.78, 5) is 25.0. The molecular weight excluding hydrogens is 274 g/mol. The average Bonchev–Trinajstić information content (AvgIpc) is 2.93. The van der Waals surface area contributed by atoms with Gasteiger partial charge in [0.05, 0.1) is 5.56 Å². The monoisotopic (exact) mass is 291 g/mol. The molecule has 21 heavy (non-hydrogen) atoms. The molecule has 1 unspecified atom stereocenters. The maximum absolute atomic E-state index is 12.6. The van der Waals surface area contributed by atoms with Crippen molar-refractivity contribution in [3.8, 4) is 11.5 Å². The van der Waals surface area contributed by atoms with Crippen LogP contribution in [0.25, 0.3) is 0 Å². The number of carbonyl (C=O) groups is 2. The zero-order valence-corrected chi connectivity index (χ0v) is 11.6. The van der Waals surface area contributed by atoms with E-state index in [-0.39, 0.29) is 18.2 Å². The van der Waals surface area contributed by atoms with Gasteiger partial charge in [-0.15, -0.1) is 0 Å². The lowest BCUT2D eigenvalue weighted by Gasteiger charge is -2.23. The number of carbonyl (C=O) groups excluding carboxylic acids is 1. The Morgan fingerprint density at radius 3 is 2.90 bits per heavy atom. The van der Waals surface area contributed by atoms with Crippen LogP contribution in [0.4, 0.5) is 0 Å². The van der Waals surface area contributed by atoms with Gasteiger partial charge in [-0.2, -0.15) is 0 Å². The van der Waals surface area contributed by atoms with Gasteiger partial charge in [-0.25, -0.2) is 0 Å². The molecule has 1 N–H and O–H groups in total. The summed E-state index contributed by atoms with van der Waals surface area (Å²) < 4.78 is 11.0. The molecule has 1 atom stereocenters. The Bertz CT molecular complexity index is 571. The number of likely N-dealkylation sites (tertiary alicyclic amines) is 1. The zero-order chi connectivity index (χ0) is 14.8. The molecule has 0 aromatic heterocycles. The lowest BCUT2D eigenvalue weighted by atomic mass is 10.1. The molecule has 6 heteroatoms. The van der Waals surface area contributed by atoms with Crippen molar-refractivity contribution in [2.24, 2.45) is 5.92 Å². The van der Waals surface area contributed by atoms with E-state index in [1.54, 1.807) is 23.1 Å². The Labute approximate surface area is 122 Å². The molecule has 0 aliphatic carbocycles. The molecule has 0 spiro atoms. The van der Waals surface area contributed by atoms with Gasteiger partial charge in [-0.3, -0.25) is 9.59 Å². The Morgan fingerprint density at radius 1 is 1.29 bits per heavy atom.